The first-order chi connectivity index (χ1) is 15.8. The van der Waals surface area contributed by atoms with E-state index in [0.29, 0.717) is 18.0 Å². The average Bonchev–Trinajstić information content (AvgIpc) is 3.40. The van der Waals surface area contributed by atoms with Gasteiger partial charge in [0.25, 0.3) is 5.91 Å². The number of benzene rings is 1. The Bertz CT molecular complexity index is 1010. The molecule has 0 aliphatic heterocycles. The molecule has 1 fully saturated rings. The number of ether oxygens (including phenoxy) is 3. The average molecular weight is 460 g/mol. The molecule has 0 spiro atoms. The molecule has 0 bridgehead atoms. The maximum absolute atomic E-state index is 12.3. The quantitative estimate of drug-likeness (QED) is 0.361. The Morgan fingerprint density at radius 2 is 2.12 bits per heavy atom. The molecule has 3 rings (SSSR count). The van der Waals surface area contributed by atoms with Gasteiger partial charge >= 0.3 is 6.09 Å². The molecule has 1 unspecified atom stereocenters. The molecule has 2 atom stereocenters. The minimum atomic E-state index is -0.454. The van der Waals surface area contributed by atoms with Gasteiger partial charge in [-0.25, -0.2) is 4.79 Å². The minimum Gasteiger partial charge on any atom is -0.507 e. The Morgan fingerprint density at radius 3 is 2.82 bits per heavy atom. The van der Waals surface area contributed by atoms with Gasteiger partial charge in [-0.1, -0.05) is 0 Å². The van der Waals surface area contributed by atoms with Crippen molar-refractivity contribution in [1.29, 1.82) is 5.41 Å². The van der Waals surface area contributed by atoms with Crippen LogP contribution in [-0.2, 0) is 9.53 Å². The second-order valence-electron chi connectivity index (χ2n) is 8.08. The number of carbonyl (C=O) groups is 2. The molecule has 1 aromatic carbocycles. The normalized spacial score (nSPS) is 17.5. The summed E-state index contributed by atoms with van der Waals surface area (Å²) < 4.78 is 16.0. The number of aromatic nitrogens is 2. The van der Waals surface area contributed by atoms with Crippen LogP contribution in [0.15, 0.2) is 18.2 Å². The second-order valence-corrected chi connectivity index (χ2v) is 8.08. The third-order valence-electron chi connectivity index (χ3n) is 5.20. The van der Waals surface area contributed by atoms with Crippen LogP contribution in [0, 0.1) is 5.41 Å². The number of H-pyrrole nitrogens is 1. The molecule has 2 aromatic rings. The predicted octanol–water partition coefficient (Wildman–Crippen LogP) is 2.91. The Hall–Kier alpha value is -3.76. The lowest BCUT2D eigenvalue weighted by Gasteiger charge is -2.14. The van der Waals surface area contributed by atoms with E-state index in [0.717, 1.165) is 24.8 Å². The van der Waals surface area contributed by atoms with Crippen LogP contribution in [0.3, 0.4) is 0 Å². The van der Waals surface area contributed by atoms with Gasteiger partial charge in [-0.15, -0.1) is 0 Å². The summed E-state index contributed by atoms with van der Waals surface area (Å²) in [5.41, 5.74) is 0.996. The maximum Gasteiger partial charge on any atom is 0.407 e. The van der Waals surface area contributed by atoms with Gasteiger partial charge in [0.05, 0.1) is 12.7 Å². The smallest absolute Gasteiger partial charge is 0.407 e. The maximum atomic E-state index is 12.3. The van der Waals surface area contributed by atoms with Crippen LogP contribution in [0.5, 0.6) is 17.2 Å². The van der Waals surface area contributed by atoms with Crippen LogP contribution in [0.1, 0.15) is 50.3 Å². The highest BCUT2D eigenvalue weighted by Crippen LogP contribution is 2.36. The second kappa shape index (κ2) is 10.7. The Kier molecular flexibility index (Phi) is 7.75. The van der Waals surface area contributed by atoms with Crippen LogP contribution in [0.2, 0.25) is 0 Å². The number of phenolic OH excluding ortho intramolecular Hbond substituents is 1. The number of aromatic amines is 1. The fraction of sp³-hybridized carbons (Fsp3) is 0.455. The van der Waals surface area contributed by atoms with Crippen molar-refractivity contribution in [2.24, 2.45) is 0 Å². The summed E-state index contributed by atoms with van der Waals surface area (Å²) >= 11 is 0. The van der Waals surface area contributed by atoms with Crippen molar-refractivity contribution in [3.8, 4) is 17.2 Å². The van der Waals surface area contributed by atoms with Gasteiger partial charge in [0, 0.05) is 42.1 Å². The van der Waals surface area contributed by atoms with Crippen molar-refractivity contribution in [1.82, 2.24) is 15.5 Å². The highest BCUT2D eigenvalue weighted by molar-refractivity contribution is 5.91. The SMILES string of the molecule is COc1cc(O)c(C=N)c(OCC(=O)Nc2cc(C3CC[C@@H](OC(=O)NC(C)C)C3)[nH]n2)c1. The number of rotatable bonds is 9. The van der Waals surface area contributed by atoms with Crippen molar-refractivity contribution in [3.63, 3.8) is 0 Å². The van der Waals surface area contributed by atoms with E-state index < -0.39 is 12.0 Å². The van der Waals surface area contributed by atoms with E-state index in [-0.39, 0.29) is 41.7 Å². The number of alkyl carbamates (subject to hydrolysis) is 1. The van der Waals surface area contributed by atoms with E-state index in [2.05, 4.69) is 20.8 Å². The van der Waals surface area contributed by atoms with Gasteiger partial charge in [-0.05, 0) is 33.1 Å². The molecule has 1 aliphatic rings. The summed E-state index contributed by atoms with van der Waals surface area (Å²) in [7, 11) is 1.43. The number of aromatic hydroxyl groups is 1. The summed E-state index contributed by atoms with van der Waals surface area (Å²) in [6.45, 7) is 3.40. The number of hydrogen-bond acceptors (Lipinski definition) is 8. The Balaban J connectivity index is 1.52. The van der Waals surface area contributed by atoms with E-state index >= 15 is 0 Å². The molecule has 5 N–H and O–H groups in total. The number of nitrogens with one attached hydrogen (secondary N) is 4. The number of anilines is 1. The van der Waals surface area contributed by atoms with Crippen LogP contribution in [0.25, 0.3) is 0 Å². The number of hydrogen-bond donors (Lipinski definition) is 5. The van der Waals surface area contributed by atoms with E-state index in [9.17, 15) is 14.7 Å². The summed E-state index contributed by atoms with van der Waals surface area (Å²) in [5.74, 6) is 0.346. The van der Waals surface area contributed by atoms with Gasteiger partial charge in [0.15, 0.2) is 12.4 Å². The predicted molar refractivity (Wildman–Crippen MR) is 120 cm³/mol. The van der Waals surface area contributed by atoms with Crippen LogP contribution < -0.4 is 20.1 Å². The molecule has 2 amide bonds. The molecule has 1 heterocycles. The molecule has 1 aromatic heterocycles. The molecule has 1 saturated carbocycles. The van der Waals surface area contributed by atoms with Crippen molar-refractivity contribution >= 4 is 24.0 Å². The highest BCUT2D eigenvalue weighted by atomic mass is 16.6. The molecule has 33 heavy (non-hydrogen) atoms. The van der Waals surface area contributed by atoms with E-state index in [1.165, 1.54) is 19.2 Å². The molecule has 11 heteroatoms. The van der Waals surface area contributed by atoms with Crippen molar-refractivity contribution < 1.29 is 28.9 Å². The molecule has 178 valence electrons. The first-order valence-electron chi connectivity index (χ1n) is 10.7. The minimum absolute atomic E-state index is 0.0174. The fourth-order valence-corrected chi connectivity index (χ4v) is 3.65. The Morgan fingerprint density at radius 1 is 1.33 bits per heavy atom. The van der Waals surface area contributed by atoms with E-state index in [4.69, 9.17) is 19.6 Å². The number of methoxy groups -OCH3 is 1. The van der Waals surface area contributed by atoms with Crippen molar-refractivity contribution in [3.05, 3.63) is 29.5 Å². The molecule has 0 saturated heterocycles. The summed E-state index contributed by atoms with van der Waals surface area (Å²) in [6.07, 6.45) is 2.63. The molecule has 11 nitrogen and oxygen atoms in total. The standard InChI is InChI=1S/C22H29N5O6/c1-12(2)24-22(30)33-14-5-4-13(6-14)17-9-20(27-26-17)25-21(29)11-32-19-8-15(31-3)7-18(28)16(19)10-23/h7-10,12-14,23,28H,4-6,11H2,1-3H3,(H,24,30)(H2,25,26,27,29)/t13?,14-/m1/s1. The summed E-state index contributed by atoms with van der Waals surface area (Å²) in [4.78, 5) is 24.1. The van der Waals surface area contributed by atoms with Gasteiger partial charge in [-0.2, -0.15) is 5.10 Å². The molecular formula is C22H29N5O6. The lowest BCUT2D eigenvalue weighted by molar-refractivity contribution is -0.118. The summed E-state index contributed by atoms with van der Waals surface area (Å²) in [6, 6.07) is 4.61. The zero-order chi connectivity index (χ0) is 24.0. The molecular weight excluding hydrogens is 430 g/mol. The first kappa shape index (κ1) is 23.9. The number of nitrogens with zero attached hydrogens (tertiary/aromatic N) is 1. The monoisotopic (exact) mass is 459 g/mol. The Labute approximate surface area is 191 Å². The van der Waals surface area contributed by atoms with Crippen LogP contribution in [0.4, 0.5) is 10.6 Å². The molecule has 1 aliphatic carbocycles. The summed E-state index contributed by atoms with van der Waals surface area (Å²) in [5, 5.41) is 29.8. The fourth-order valence-electron chi connectivity index (χ4n) is 3.65. The van der Waals surface area contributed by atoms with Crippen LogP contribution >= 0.6 is 0 Å². The highest BCUT2D eigenvalue weighted by Gasteiger charge is 2.30. The third-order valence-corrected chi connectivity index (χ3v) is 5.20. The van der Waals surface area contributed by atoms with E-state index in [1.807, 2.05) is 13.8 Å². The topological polar surface area (TPSA) is 159 Å². The van der Waals surface area contributed by atoms with Gasteiger partial charge < -0.3 is 35.4 Å². The number of amides is 2. The lowest BCUT2D eigenvalue weighted by Crippen LogP contribution is -2.33. The zero-order valence-corrected chi connectivity index (χ0v) is 18.8. The zero-order valence-electron chi connectivity index (χ0n) is 18.8. The number of phenols is 1. The van der Waals surface area contributed by atoms with Crippen molar-refractivity contribution in [2.45, 2.75) is 51.2 Å². The lowest BCUT2D eigenvalue weighted by atomic mass is 10.0. The van der Waals surface area contributed by atoms with E-state index in [1.54, 1.807) is 6.07 Å². The largest absolute Gasteiger partial charge is 0.507 e. The van der Waals surface area contributed by atoms with Gasteiger partial charge in [-0.3, -0.25) is 9.89 Å². The van der Waals surface area contributed by atoms with Gasteiger partial charge in [0.1, 0.15) is 23.4 Å². The first-order valence-corrected chi connectivity index (χ1v) is 10.7. The van der Waals surface area contributed by atoms with Crippen LogP contribution in [-0.4, -0.2) is 59.4 Å². The molecule has 0 radical (unpaired) electrons. The number of carbonyl (C=O) groups excluding carboxylic acids is 2. The van der Waals surface area contributed by atoms with Crippen molar-refractivity contribution in [2.75, 3.05) is 19.0 Å². The van der Waals surface area contributed by atoms with Gasteiger partial charge in [0.2, 0.25) is 0 Å². The third kappa shape index (κ3) is 6.37.